The number of rotatable bonds is 4. The maximum absolute atomic E-state index is 12.1. The molecule has 0 spiro atoms. The molecule has 0 saturated heterocycles. The van der Waals surface area contributed by atoms with E-state index in [0.29, 0.717) is 11.1 Å². The fourth-order valence-electron chi connectivity index (χ4n) is 1.65. The molecule has 0 fully saturated rings. The van der Waals surface area contributed by atoms with Gasteiger partial charge in [-0.25, -0.2) is 0 Å². The number of hydrogen-bond acceptors (Lipinski definition) is 2. The number of nitrogens with one attached hydrogen (secondary N) is 1. The quantitative estimate of drug-likeness (QED) is 0.874. The van der Waals surface area contributed by atoms with Crippen LogP contribution in [0.5, 0.6) is 0 Å². The molecule has 1 aromatic carbocycles. The maximum Gasteiger partial charge on any atom is 0.287 e. The Kier molecular flexibility index (Phi) is 3.76. The zero-order valence-electron chi connectivity index (χ0n) is 10.5. The van der Waals surface area contributed by atoms with Crippen LogP contribution in [0.3, 0.4) is 0 Å². The van der Waals surface area contributed by atoms with Gasteiger partial charge in [0.05, 0.1) is 0 Å². The summed E-state index contributed by atoms with van der Waals surface area (Å²) in [5.41, 5.74) is 0.482. The molecule has 1 amide bonds. The molecule has 2 rings (SSSR count). The highest BCUT2D eigenvalue weighted by atomic mass is 79.9. The average molecular weight is 310 g/mol. The highest BCUT2D eigenvalue weighted by Gasteiger charge is 2.25. The summed E-state index contributed by atoms with van der Waals surface area (Å²) in [6, 6.07) is 9.38. The van der Waals surface area contributed by atoms with Crippen molar-refractivity contribution in [3.8, 4) is 0 Å². The molecule has 3 nitrogen and oxygen atoms in total. The number of furan rings is 1. The fourth-order valence-corrected chi connectivity index (χ4v) is 2.18. The smallest absolute Gasteiger partial charge is 0.287 e. The fraction of sp³-hybridized carbons (Fsp3) is 0.357. The van der Waals surface area contributed by atoms with Crippen LogP contribution in [0, 0.1) is 0 Å². The average Bonchev–Trinajstić information content (AvgIpc) is 2.82. The topological polar surface area (TPSA) is 42.2 Å². The van der Waals surface area contributed by atoms with Gasteiger partial charge in [0.1, 0.15) is 5.58 Å². The third-order valence-electron chi connectivity index (χ3n) is 3.14. The number of amides is 1. The molecular weight excluding hydrogens is 294 g/mol. The van der Waals surface area contributed by atoms with Gasteiger partial charge in [-0.15, -0.1) is 0 Å². The molecule has 1 N–H and O–H groups in total. The van der Waals surface area contributed by atoms with Crippen LogP contribution in [0.1, 0.15) is 30.8 Å². The van der Waals surface area contributed by atoms with Crippen LogP contribution in [0.15, 0.2) is 34.7 Å². The lowest BCUT2D eigenvalue weighted by Gasteiger charge is -2.26. The van der Waals surface area contributed by atoms with E-state index in [2.05, 4.69) is 21.2 Å². The summed E-state index contributed by atoms with van der Waals surface area (Å²) in [5.74, 6) is 0.187. The Morgan fingerprint density at radius 3 is 2.78 bits per heavy atom. The van der Waals surface area contributed by atoms with Crippen LogP contribution in [-0.2, 0) is 0 Å². The van der Waals surface area contributed by atoms with E-state index in [1.54, 1.807) is 6.07 Å². The lowest BCUT2D eigenvalue weighted by molar-refractivity contribution is 0.0887. The first-order valence-electron chi connectivity index (χ1n) is 5.95. The van der Waals surface area contributed by atoms with Crippen LogP contribution < -0.4 is 5.32 Å². The number of fused-ring (bicyclic) bond motifs is 1. The van der Waals surface area contributed by atoms with Crippen molar-refractivity contribution >= 4 is 32.8 Å². The van der Waals surface area contributed by atoms with Crippen LogP contribution in [0.2, 0.25) is 0 Å². The third kappa shape index (κ3) is 2.58. The number of carbonyl (C=O) groups excluding carboxylic acids is 1. The van der Waals surface area contributed by atoms with E-state index in [-0.39, 0.29) is 11.4 Å². The van der Waals surface area contributed by atoms with Crippen molar-refractivity contribution in [1.29, 1.82) is 0 Å². The van der Waals surface area contributed by atoms with E-state index in [9.17, 15) is 4.79 Å². The molecule has 0 saturated carbocycles. The second kappa shape index (κ2) is 5.14. The van der Waals surface area contributed by atoms with Crippen LogP contribution >= 0.6 is 15.9 Å². The highest BCUT2D eigenvalue weighted by molar-refractivity contribution is 9.09. The predicted octanol–water partition coefficient (Wildman–Crippen LogP) is 3.73. The number of alkyl halides is 1. The van der Waals surface area contributed by atoms with Crippen molar-refractivity contribution in [1.82, 2.24) is 5.32 Å². The molecule has 1 atom stereocenters. The molecule has 0 aliphatic carbocycles. The van der Waals surface area contributed by atoms with Gasteiger partial charge in [0, 0.05) is 16.3 Å². The van der Waals surface area contributed by atoms with E-state index in [1.807, 2.05) is 38.1 Å². The number of halogens is 1. The summed E-state index contributed by atoms with van der Waals surface area (Å²) in [6.45, 7) is 4.04. The Morgan fingerprint density at radius 2 is 2.17 bits per heavy atom. The molecule has 1 aromatic heterocycles. The second-order valence-electron chi connectivity index (χ2n) is 4.65. The van der Waals surface area contributed by atoms with Gasteiger partial charge in [-0.2, -0.15) is 0 Å². The maximum atomic E-state index is 12.1. The molecule has 0 aliphatic heterocycles. The van der Waals surface area contributed by atoms with Gasteiger partial charge in [0.15, 0.2) is 5.76 Å². The highest BCUT2D eigenvalue weighted by Crippen LogP contribution is 2.20. The Bertz CT molecular complexity index is 525. The summed E-state index contributed by atoms with van der Waals surface area (Å²) in [6.07, 6.45) is 0.851. The Balaban J connectivity index is 2.23. The normalized spacial score (nSPS) is 14.4. The summed E-state index contributed by atoms with van der Waals surface area (Å²) < 4.78 is 5.54. The number of carbonyl (C=O) groups is 1. The van der Waals surface area contributed by atoms with Crippen LogP contribution in [-0.4, -0.2) is 16.8 Å². The largest absolute Gasteiger partial charge is 0.451 e. The van der Waals surface area contributed by atoms with Crippen LogP contribution in [0.25, 0.3) is 11.0 Å². The molecule has 0 bridgehead atoms. The lowest BCUT2D eigenvalue weighted by Crippen LogP contribution is -2.46. The minimum Gasteiger partial charge on any atom is -0.451 e. The summed E-state index contributed by atoms with van der Waals surface area (Å²) in [4.78, 5) is 12.1. The molecule has 96 valence electrons. The Hall–Kier alpha value is -1.29. The monoisotopic (exact) mass is 309 g/mol. The summed E-state index contributed by atoms with van der Waals surface area (Å²) >= 11 is 3.42. The summed E-state index contributed by atoms with van der Waals surface area (Å²) in [7, 11) is 0. The third-order valence-corrected chi connectivity index (χ3v) is 4.38. The van der Waals surface area contributed by atoms with Crippen molar-refractivity contribution < 1.29 is 9.21 Å². The van der Waals surface area contributed by atoms with Gasteiger partial charge >= 0.3 is 0 Å². The summed E-state index contributed by atoms with van der Waals surface area (Å²) in [5, 5.41) is 4.65. The van der Waals surface area contributed by atoms with E-state index in [4.69, 9.17) is 4.42 Å². The molecule has 2 aromatic rings. The number of hydrogen-bond donors (Lipinski definition) is 1. The van der Waals surface area contributed by atoms with E-state index in [0.717, 1.165) is 17.4 Å². The van der Waals surface area contributed by atoms with Gasteiger partial charge in [-0.3, -0.25) is 4.79 Å². The van der Waals surface area contributed by atoms with Crippen molar-refractivity contribution in [3.05, 3.63) is 36.1 Å². The zero-order chi connectivity index (χ0) is 13.2. The van der Waals surface area contributed by atoms with Crippen molar-refractivity contribution in [3.63, 3.8) is 0 Å². The lowest BCUT2D eigenvalue weighted by atomic mass is 10.0. The minimum atomic E-state index is -0.254. The Morgan fingerprint density at radius 1 is 1.44 bits per heavy atom. The van der Waals surface area contributed by atoms with Crippen molar-refractivity contribution in [2.45, 2.75) is 25.8 Å². The van der Waals surface area contributed by atoms with Crippen LogP contribution in [0.4, 0.5) is 0 Å². The molecule has 1 unspecified atom stereocenters. The van der Waals surface area contributed by atoms with Crippen molar-refractivity contribution in [2.24, 2.45) is 0 Å². The minimum absolute atomic E-state index is 0.171. The zero-order valence-corrected chi connectivity index (χ0v) is 12.1. The Labute approximate surface area is 115 Å². The SMILES string of the molecule is CCC(C)(CBr)NC(=O)c1cc2ccccc2o1. The molecule has 18 heavy (non-hydrogen) atoms. The standard InChI is InChI=1S/C14H16BrNO2/c1-3-14(2,9-15)16-13(17)12-8-10-6-4-5-7-11(10)18-12/h4-8H,3,9H2,1-2H3,(H,16,17). The van der Waals surface area contributed by atoms with E-state index in [1.165, 1.54) is 0 Å². The molecular formula is C14H16BrNO2. The molecule has 0 aliphatic rings. The van der Waals surface area contributed by atoms with E-state index < -0.39 is 0 Å². The van der Waals surface area contributed by atoms with Gasteiger partial charge in [-0.05, 0) is 25.5 Å². The van der Waals surface area contributed by atoms with Gasteiger partial charge in [0.2, 0.25) is 0 Å². The van der Waals surface area contributed by atoms with E-state index >= 15 is 0 Å². The van der Waals surface area contributed by atoms with Gasteiger partial charge in [0.25, 0.3) is 5.91 Å². The number of para-hydroxylation sites is 1. The first-order chi connectivity index (χ1) is 8.58. The first kappa shape index (κ1) is 13.1. The molecule has 1 heterocycles. The second-order valence-corrected chi connectivity index (χ2v) is 5.21. The molecule has 0 radical (unpaired) electrons. The first-order valence-corrected chi connectivity index (χ1v) is 7.07. The van der Waals surface area contributed by atoms with Gasteiger partial charge < -0.3 is 9.73 Å². The molecule has 4 heteroatoms. The van der Waals surface area contributed by atoms with Crippen molar-refractivity contribution in [2.75, 3.05) is 5.33 Å². The predicted molar refractivity (Wildman–Crippen MR) is 76.2 cm³/mol. The number of benzene rings is 1. The van der Waals surface area contributed by atoms with Gasteiger partial charge in [-0.1, -0.05) is 41.1 Å².